The summed E-state index contributed by atoms with van der Waals surface area (Å²) in [6.07, 6.45) is -3.85. The Morgan fingerprint density at radius 3 is 1.70 bits per heavy atom. The van der Waals surface area contributed by atoms with E-state index in [2.05, 4.69) is 0 Å². The quantitative estimate of drug-likeness (QED) is 0.381. The molecule has 2 aromatic rings. The molecular weight excluding hydrogens is 374 g/mol. The van der Waals surface area contributed by atoms with E-state index < -0.39 is 29.9 Å². The van der Waals surface area contributed by atoms with Gasteiger partial charge in [0.15, 0.2) is 0 Å². The number of alkyl halides is 5. The monoisotopic (exact) mass is 384 g/mol. The van der Waals surface area contributed by atoms with Gasteiger partial charge in [-0.3, -0.25) is 0 Å². The molecule has 0 fully saturated rings. The molecule has 0 amide bonds. The maximum absolute atomic E-state index is 14.4. The average molecular weight is 385 g/mol. The van der Waals surface area contributed by atoms with Crippen LogP contribution in [0.4, 0.5) is 22.0 Å². The molecule has 0 aliphatic heterocycles. The first-order valence-electron chi connectivity index (χ1n) is 6.50. The summed E-state index contributed by atoms with van der Waals surface area (Å²) in [6, 6.07) is 12.2. The smallest absolute Gasteiger partial charge is 0.234 e. The second-order valence-corrected chi connectivity index (χ2v) is 11.3. The minimum absolute atomic E-state index is 0.236. The first kappa shape index (κ1) is 18.2. The van der Waals surface area contributed by atoms with Crippen molar-refractivity contribution in [1.82, 2.24) is 0 Å². The van der Waals surface area contributed by atoms with E-state index in [0.29, 0.717) is 0 Å². The number of benzene rings is 2. The van der Waals surface area contributed by atoms with Gasteiger partial charge >= 0.3 is 18.2 Å². The fraction of sp³-hybridized carbons (Fsp3) is 0.200. The summed E-state index contributed by atoms with van der Waals surface area (Å²) in [4.78, 5) is 0. The van der Waals surface area contributed by atoms with Gasteiger partial charge in [-0.05, 0) is 5.19 Å². The summed E-state index contributed by atoms with van der Waals surface area (Å²) in [5.41, 5.74) is -5.46. The molecule has 0 radical (unpaired) electrons. The summed E-state index contributed by atoms with van der Waals surface area (Å²) in [5, 5.41) is -0.236. The molecule has 0 heterocycles. The fourth-order valence-corrected chi connectivity index (χ4v) is 4.86. The Kier molecular flexibility index (Phi) is 5.08. The standard InChI is InChI=1S/C15H11Cl2F5Si/c16-23(17,12-9-5-2-6-10-12)15(21,22)13(18)14(19,20)11-7-3-1-4-8-11/h1-10,13H. The van der Waals surface area contributed by atoms with E-state index in [1.807, 2.05) is 0 Å². The van der Waals surface area contributed by atoms with Gasteiger partial charge in [0.1, 0.15) is 0 Å². The van der Waals surface area contributed by atoms with Crippen LogP contribution >= 0.6 is 22.2 Å². The zero-order chi connectivity index (χ0) is 17.3. The van der Waals surface area contributed by atoms with Gasteiger partial charge in [-0.1, -0.05) is 60.7 Å². The van der Waals surface area contributed by atoms with Gasteiger partial charge in [0.25, 0.3) is 0 Å². The Morgan fingerprint density at radius 1 is 0.783 bits per heavy atom. The van der Waals surface area contributed by atoms with Crippen LogP contribution in [0.3, 0.4) is 0 Å². The van der Waals surface area contributed by atoms with E-state index in [4.69, 9.17) is 22.2 Å². The van der Waals surface area contributed by atoms with Crippen LogP contribution in [0.15, 0.2) is 60.7 Å². The number of rotatable bonds is 5. The third kappa shape index (κ3) is 3.25. The topological polar surface area (TPSA) is 0 Å². The normalized spacial score (nSPS) is 14.6. The van der Waals surface area contributed by atoms with Crippen LogP contribution in [-0.4, -0.2) is 18.4 Å². The van der Waals surface area contributed by atoms with Crippen molar-refractivity contribution in [3.8, 4) is 0 Å². The number of hydrogen-bond donors (Lipinski definition) is 0. The highest BCUT2D eigenvalue weighted by Gasteiger charge is 2.68. The molecule has 1 unspecified atom stereocenters. The zero-order valence-corrected chi connectivity index (χ0v) is 14.0. The Bertz CT molecular complexity index is 649. The number of hydrogen-bond acceptors (Lipinski definition) is 0. The average Bonchev–Trinajstić information content (AvgIpc) is 2.55. The molecule has 2 aromatic carbocycles. The van der Waals surface area contributed by atoms with Crippen LogP contribution in [0.1, 0.15) is 5.56 Å². The molecule has 0 aliphatic rings. The highest BCUT2D eigenvalue weighted by molar-refractivity contribution is 7.52. The Balaban J connectivity index is 2.42. The van der Waals surface area contributed by atoms with Crippen LogP contribution in [0, 0.1) is 0 Å². The number of halogens is 7. The van der Waals surface area contributed by atoms with E-state index in [-0.39, 0.29) is 5.19 Å². The lowest BCUT2D eigenvalue weighted by atomic mass is 10.0. The summed E-state index contributed by atoms with van der Waals surface area (Å²) in [5.74, 6) is -4.43. The van der Waals surface area contributed by atoms with Gasteiger partial charge in [0.2, 0.25) is 6.17 Å². The van der Waals surface area contributed by atoms with Crippen molar-refractivity contribution in [2.75, 3.05) is 0 Å². The lowest BCUT2D eigenvalue weighted by molar-refractivity contribution is -0.152. The molecule has 8 heteroatoms. The maximum atomic E-state index is 14.4. The van der Waals surface area contributed by atoms with Gasteiger partial charge in [0, 0.05) is 5.56 Å². The van der Waals surface area contributed by atoms with Crippen molar-refractivity contribution in [3.05, 3.63) is 66.2 Å². The van der Waals surface area contributed by atoms with Crippen molar-refractivity contribution in [2.45, 2.75) is 17.6 Å². The largest absolute Gasteiger partial charge is 0.359 e. The lowest BCUT2D eigenvalue weighted by Gasteiger charge is -2.34. The molecule has 0 bridgehead atoms. The molecule has 23 heavy (non-hydrogen) atoms. The third-order valence-electron chi connectivity index (χ3n) is 3.35. The van der Waals surface area contributed by atoms with E-state index >= 15 is 0 Å². The first-order chi connectivity index (χ1) is 10.6. The lowest BCUT2D eigenvalue weighted by Crippen LogP contribution is -2.61. The molecule has 0 aromatic heterocycles. The molecule has 0 aliphatic carbocycles. The molecule has 0 spiro atoms. The summed E-state index contributed by atoms with van der Waals surface area (Å²) in [7, 11) is 0. The van der Waals surface area contributed by atoms with E-state index in [9.17, 15) is 22.0 Å². The van der Waals surface area contributed by atoms with Crippen molar-refractivity contribution in [3.63, 3.8) is 0 Å². The van der Waals surface area contributed by atoms with Crippen molar-refractivity contribution in [1.29, 1.82) is 0 Å². The first-order valence-corrected chi connectivity index (χ1v) is 10.5. The van der Waals surface area contributed by atoms with Crippen molar-refractivity contribution < 1.29 is 22.0 Å². The van der Waals surface area contributed by atoms with E-state index in [0.717, 1.165) is 12.1 Å². The molecule has 0 saturated carbocycles. The van der Waals surface area contributed by atoms with Crippen LogP contribution in [-0.2, 0) is 5.92 Å². The zero-order valence-electron chi connectivity index (χ0n) is 11.5. The molecule has 2 rings (SSSR count). The minimum Gasteiger partial charge on any atom is -0.234 e. The second kappa shape index (κ2) is 6.41. The predicted octanol–water partition coefficient (Wildman–Crippen LogP) is 5.12. The predicted molar refractivity (Wildman–Crippen MR) is 83.7 cm³/mol. The van der Waals surface area contributed by atoms with Crippen LogP contribution in [0.2, 0.25) is 0 Å². The van der Waals surface area contributed by atoms with Gasteiger partial charge in [-0.25, -0.2) is 13.2 Å². The fourth-order valence-electron chi connectivity index (χ4n) is 2.03. The SMILES string of the molecule is FC(C(F)(F)c1ccccc1)C(F)(F)[Si](Cl)(Cl)c1ccccc1. The van der Waals surface area contributed by atoms with E-state index in [1.165, 1.54) is 48.5 Å². The van der Waals surface area contributed by atoms with Gasteiger partial charge in [-0.2, -0.15) is 8.78 Å². The van der Waals surface area contributed by atoms with Gasteiger partial charge in [-0.15, -0.1) is 22.2 Å². The van der Waals surface area contributed by atoms with Gasteiger partial charge in [0.05, 0.1) is 0 Å². The molecule has 0 nitrogen and oxygen atoms in total. The highest BCUT2D eigenvalue weighted by Crippen LogP contribution is 2.47. The second-order valence-electron chi connectivity index (χ2n) is 4.91. The molecule has 124 valence electrons. The van der Waals surface area contributed by atoms with Crippen LogP contribution in [0.25, 0.3) is 0 Å². The minimum atomic E-state index is -4.86. The van der Waals surface area contributed by atoms with E-state index in [1.54, 1.807) is 0 Å². The Hall–Kier alpha value is -1.11. The molecule has 0 saturated heterocycles. The van der Waals surface area contributed by atoms with Crippen LogP contribution < -0.4 is 5.19 Å². The molecule has 1 atom stereocenters. The molecular formula is C15H11Cl2F5Si. The molecule has 0 N–H and O–H groups in total. The Morgan fingerprint density at radius 2 is 1.22 bits per heavy atom. The Labute approximate surface area is 140 Å². The van der Waals surface area contributed by atoms with Crippen molar-refractivity contribution >= 4 is 34.0 Å². The highest BCUT2D eigenvalue weighted by atomic mass is 35.7. The third-order valence-corrected chi connectivity index (χ3v) is 8.32. The maximum Gasteiger partial charge on any atom is 0.359 e. The van der Waals surface area contributed by atoms with Crippen molar-refractivity contribution in [2.24, 2.45) is 0 Å². The summed E-state index contributed by atoms with van der Waals surface area (Å²) in [6.45, 7) is -4.86. The summed E-state index contributed by atoms with van der Waals surface area (Å²) < 4.78 is 71.3. The van der Waals surface area contributed by atoms with Gasteiger partial charge < -0.3 is 0 Å². The summed E-state index contributed by atoms with van der Waals surface area (Å²) >= 11 is 11.4. The van der Waals surface area contributed by atoms with Crippen LogP contribution in [0.5, 0.6) is 0 Å².